The van der Waals surface area contributed by atoms with Crippen molar-refractivity contribution in [2.24, 2.45) is 0 Å². The van der Waals surface area contributed by atoms with E-state index < -0.39 is 0 Å². The second kappa shape index (κ2) is 9.34. The first-order valence-electron chi connectivity index (χ1n) is 11.0. The zero-order chi connectivity index (χ0) is 22.7. The molecule has 170 valence electrons. The van der Waals surface area contributed by atoms with E-state index in [1.165, 1.54) is 11.6 Å². The second-order valence-electron chi connectivity index (χ2n) is 9.17. The summed E-state index contributed by atoms with van der Waals surface area (Å²) in [6.07, 6.45) is 0. The summed E-state index contributed by atoms with van der Waals surface area (Å²) in [5.41, 5.74) is 1.46. The number of piperazine rings is 1. The first-order valence-corrected chi connectivity index (χ1v) is 11.0. The van der Waals surface area contributed by atoms with Crippen LogP contribution < -0.4 is 4.74 Å². The van der Waals surface area contributed by atoms with Crippen molar-refractivity contribution in [3.8, 4) is 5.75 Å². The van der Waals surface area contributed by atoms with Gasteiger partial charge in [-0.2, -0.15) is 0 Å². The molecule has 32 heavy (non-hydrogen) atoms. The highest BCUT2D eigenvalue weighted by Crippen LogP contribution is 2.32. The Morgan fingerprint density at radius 1 is 1.00 bits per heavy atom. The standard InChI is InChI=1S/C24H31FN6O/c1-24(2,3)31-23(26-27-28-31)22(19-10-6-7-11-20(19)25)30-15-13-29(14-16-30)17-18-9-5-8-12-21(18)32-4/h5-12,22H,13-17H2,1-4H3/t22-/m0/s1. The molecule has 1 fully saturated rings. The van der Waals surface area contributed by atoms with Crippen LogP contribution in [0.1, 0.15) is 43.8 Å². The van der Waals surface area contributed by atoms with Gasteiger partial charge in [0.15, 0.2) is 5.82 Å². The molecule has 0 spiro atoms. The Bertz CT molecular complexity index is 1040. The maximum Gasteiger partial charge on any atom is 0.173 e. The molecule has 0 saturated carbocycles. The Morgan fingerprint density at radius 3 is 2.38 bits per heavy atom. The third kappa shape index (κ3) is 4.66. The zero-order valence-corrected chi connectivity index (χ0v) is 19.2. The van der Waals surface area contributed by atoms with Crippen LogP contribution in [0.25, 0.3) is 0 Å². The van der Waals surface area contributed by atoms with Gasteiger partial charge in [0.2, 0.25) is 0 Å². The van der Waals surface area contributed by atoms with Crippen LogP contribution in [0.2, 0.25) is 0 Å². The maximum atomic E-state index is 14.9. The fourth-order valence-electron chi connectivity index (χ4n) is 4.29. The highest BCUT2D eigenvalue weighted by atomic mass is 19.1. The Kier molecular flexibility index (Phi) is 6.53. The number of rotatable bonds is 6. The molecule has 4 rings (SSSR count). The number of benzene rings is 2. The number of ether oxygens (including phenoxy) is 1. The van der Waals surface area contributed by atoms with Crippen LogP contribution in [0.3, 0.4) is 0 Å². The monoisotopic (exact) mass is 438 g/mol. The van der Waals surface area contributed by atoms with Crippen LogP contribution in [0.4, 0.5) is 4.39 Å². The molecule has 1 aromatic heterocycles. The minimum absolute atomic E-state index is 0.239. The lowest BCUT2D eigenvalue weighted by Gasteiger charge is -2.39. The molecule has 0 bridgehead atoms. The molecular weight excluding hydrogens is 407 g/mol. The molecular formula is C24H31FN6O. The number of nitrogens with zero attached hydrogens (tertiary/aromatic N) is 6. The summed E-state index contributed by atoms with van der Waals surface area (Å²) >= 11 is 0. The van der Waals surface area contributed by atoms with Crippen LogP contribution in [-0.2, 0) is 12.1 Å². The van der Waals surface area contributed by atoms with Crippen molar-refractivity contribution in [1.82, 2.24) is 30.0 Å². The lowest BCUT2D eigenvalue weighted by atomic mass is 10.0. The van der Waals surface area contributed by atoms with E-state index in [0.29, 0.717) is 11.4 Å². The lowest BCUT2D eigenvalue weighted by Crippen LogP contribution is -2.48. The van der Waals surface area contributed by atoms with E-state index in [9.17, 15) is 4.39 Å². The number of para-hydroxylation sites is 1. The van der Waals surface area contributed by atoms with Crippen LogP contribution in [0.15, 0.2) is 48.5 Å². The van der Waals surface area contributed by atoms with E-state index >= 15 is 0 Å². The van der Waals surface area contributed by atoms with Crippen molar-refractivity contribution in [1.29, 1.82) is 0 Å². The van der Waals surface area contributed by atoms with Gasteiger partial charge in [-0.3, -0.25) is 9.80 Å². The van der Waals surface area contributed by atoms with Gasteiger partial charge >= 0.3 is 0 Å². The molecule has 0 N–H and O–H groups in total. The third-order valence-corrected chi connectivity index (χ3v) is 5.93. The molecule has 0 aliphatic carbocycles. The topological polar surface area (TPSA) is 59.3 Å². The lowest BCUT2D eigenvalue weighted by molar-refractivity contribution is 0.0961. The van der Waals surface area contributed by atoms with Gasteiger partial charge < -0.3 is 4.74 Å². The third-order valence-electron chi connectivity index (χ3n) is 5.93. The number of hydrogen-bond donors (Lipinski definition) is 0. The maximum absolute atomic E-state index is 14.9. The number of methoxy groups -OCH3 is 1. The summed E-state index contributed by atoms with van der Waals surface area (Å²) in [6.45, 7) is 10.3. The molecule has 7 nitrogen and oxygen atoms in total. The zero-order valence-electron chi connectivity index (χ0n) is 19.2. The van der Waals surface area contributed by atoms with Gasteiger partial charge in [-0.15, -0.1) is 5.10 Å². The first kappa shape index (κ1) is 22.4. The summed E-state index contributed by atoms with van der Waals surface area (Å²) in [5.74, 6) is 1.33. The van der Waals surface area contributed by atoms with Crippen molar-refractivity contribution in [2.45, 2.75) is 38.9 Å². The normalized spacial score (nSPS) is 16.8. The number of tetrazole rings is 1. The quantitative estimate of drug-likeness (QED) is 0.587. The molecule has 1 saturated heterocycles. The van der Waals surface area contributed by atoms with Gasteiger partial charge in [0.25, 0.3) is 0 Å². The van der Waals surface area contributed by atoms with Gasteiger partial charge in [0.05, 0.1) is 12.6 Å². The SMILES string of the molecule is COc1ccccc1CN1CCN([C@@H](c2ccccc2F)c2nnnn2C(C)(C)C)CC1. The summed E-state index contributed by atoms with van der Waals surface area (Å²) < 4.78 is 22.3. The molecule has 2 aromatic carbocycles. The van der Waals surface area contributed by atoms with Crippen molar-refractivity contribution in [3.63, 3.8) is 0 Å². The largest absolute Gasteiger partial charge is 0.496 e. The van der Waals surface area contributed by atoms with Crippen molar-refractivity contribution >= 4 is 0 Å². The van der Waals surface area contributed by atoms with Gasteiger partial charge in [-0.1, -0.05) is 36.4 Å². The van der Waals surface area contributed by atoms with Crippen LogP contribution >= 0.6 is 0 Å². The smallest absolute Gasteiger partial charge is 0.173 e. The number of halogens is 1. The Hall–Kier alpha value is -2.84. The average molecular weight is 439 g/mol. The predicted octanol–water partition coefficient (Wildman–Crippen LogP) is 3.48. The average Bonchev–Trinajstić information content (AvgIpc) is 3.27. The van der Waals surface area contributed by atoms with E-state index in [-0.39, 0.29) is 17.4 Å². The van der Waals surface area contributed by atoms with Crippen molar-refractivity contribution in [3.05, 3.63) is 71.3 Å². The Labute approximate surface area is 188 Å². The fraction of sp³-hybridized carbons (Fsp3) is 0.458. The van der Waals surface area contributed by atoms with E-state index in [0.717, 1.165) is 38.5 Å². The van der Waals surface area contributed by atoms with Gasteiger partial charge in [-0.25, -0.2) is 9.07 Å². The highest BCUT2D eigenvalue weighted by Gasteiger charge is 2.34. The molecule has 1 atom stereocenters. The van der Waals surface area contributed by atoms with Crippen LogP contribution in [-0.4, -0.2) is 63.3 Å². The minimum atomic E-state index is -0.348. The van der Waals surface area contributed by atoms with Gasteiger partial charge in [0, 0.05) is 43.9 Å². The Balaban J connectivity index is 1.58. The van der Waals surface area contributed by atoms with Crippen LogP contribution in [0, 0.1) is 5.82 Å². The molecule has 1 aliphatic heterocycles. The second-order valence-corrected chi connectivity index (χ2v) is 9.17. The van der Waals surface area contributed by atoms with Crippen LogP contribution in [0.5, 0.6) is 5.75 Å². The summed E-state index contributed by atoms with van der Waals surface area (Å²) in [4.78, 5) is 4.69. The summed E-state index contributed by atoms with van der Waals surface area (Å²) in [5, 5.41) is 12.5. The molecule has 8 heteroatoms. The summed E-state index contributed by atoms with van der Waals surface area (Å²) in [6, 6.07) is 14.7. The highest BCUT2D eigenvalue weighted by molar-refractivity contribution is 5.33. The molecule has 3 aromatic rings. The van der Waals surface area contributed by atoms with E-state index in [1.54, 1.807) is 13.2 Å². The van der Waals surface area contributed by atoms with Crippen molar-refractivity contribution < 1.29 is 9.13 Å². The first-order chi connectivity index (χ1) is 15.4. The van der Waals surface area contributed by atoms with E-state index in [4.69, 9.17) is 4.74 Å². The minimum Gasteiger partial charge on any atom is -0.496 e. The van der Waals surface area contributed by atoms with Gasteiger partial charge in [-0.05, 0) is 43.3 Å². The number of aromatic nitrogens is 4. The Morgan fingerprint density at radius 2 is 1.69 bits per heavy atom. The molecule has 0 amide bonds. The molecule has 1 aliphatic rings. The van der Waals surface area contributed by atoms with Gasteiger partial charge in [0.1, 0.15) is 17.6 Å². The predicted molar refractivity (Wildman–Crippen MR) is 121 cm³/mol. The van der Waals surface area contributed by atoms with E-state index in [1.807, 2.05) is 35.0 Å². The van der Waals surface area contributed by atoms with Crippen molar-refractivity contribution in [2.75, 3.05) is 33.3 Å². The molecule has 0 radical (unpaired) electrons. The fourth-order valence-corrected chi connectivity index (χ4v) is 4.29. The van der Waals surface area contributed by atoms with E-state index in [2.05, 4.69) is 52.2 Å². The number of hydrogen-bond acceptors (Lipinski definition) is 6. The summed E-state index contributed by atoms with van der Waals surface area (Å²) in [7, 11) is 1.70. The molecule has 2 heterocycles. The molecule has 0 unspecified atom stereocenters.